The number of benzene rings is 2. The molecule has 11 heteroatoms. The molecule has 1 aliphatic rings. The van der Waals surface area contributed by atoms with Crippen LogP contribution in [0.4, 0.5) is 16.2 Å². The SMILES string of the molecule is CCc1ccccc1NC(=O)Nc1ccc(Cl)c(S(=O)(=O)N2CCn3ccnc3C2)c1O. The first kappa shape index (κ1) is 22.1. The Morgan fingerprint density at radius 3 is 2.69 bits per heavy atom. The summed E-state index contributed by atoms with van der Waals surface area (Å²) in [6.07, 6.45) is 4.11. The quantitative estimate of drug-likeness (QED) is 0.487. The number of halogens is 1. The fraction of sp³-hybridized carbons (Fsp3) is 0.238. The van der Waals surface area contributed by atoms with E-state index in [1.54, 1.807) is 24.5 Å². The molecule has 0 fully saturated rings. The Kier molecular flexibility index (Phi) is 6.09. The average molecular weight is 476 g/mol. The molecule has 4 rings (SSSR count). The molecule has 0 spiro atoms. The van der Waals surface area contributed by atoms with Crippen molar-refractivity contribution in [3.05, 3.63) is 65.2 Å². The number of hydrogen-bond acceptors (Lipinski definition) is 5. The molecule has 0 aliphatic carbocycles. The van der Waals surface area contributed by atoms with E-state index in [1.807, 2.05) is 23.6 Å². The van der Waals surface area contributed by atoms with Gasteiger partial charge in [0.15, 0.2) is 5.75 Å². The third kappa shape index (κ3) is 4.16. The molecule has 1 aliphatic heterocycles. The summed E-state index contributed by atoms with van der Waals surface area (Å²) in [5.41, 5.74) is 1.49. The molecule has 0 atom stereocenters. The summed E-state index contributed by atoms with van der Waals surface area (Å²) in [6.45, 7) is 2.65. The number of anilines is 2. The summed E-state index contributed by atoms with van der Waals surface area (Å²) in [5, 5.41) is 15.8. The van der Waals surface area contributed by atoms with Gasteiger partial charge in [0, 0.05) is 31.2 Å². The highest BCUT2D eigenvalue weighted by Crippen LogP contribution is 2.39. The molecule has 0 radical (unpaired) electrons. The Hall–Kier alpha value is -3.08. The fourth-order valence-corrected chi connectivity index (χ4v) is 5.58. The third-order valence-electron chi connectivity index (χ3n) is 5.29. The van der Waals surface area contributed by atoms with Crippen LogP contribution in [0.5, 0.6) is 5.75 Å². The van der Waals surface area contributed by atoms with E-state index in [2.05, 4.69) is 15.6 Å². The number of phenolic OH excluding ortho intramolecular Hbond substituents is 1. The Balaban J connectivity index is 1.59. The van der Waals surface area contributed by atoms with Crippen LogP contribution in [-0.2, 0) is 29.5 Å². The van der Waals surface area contributed by atoms with Crippen LogP contribution in [-0.4, -0.2) is 40.0 Å². The Morgan fingerprint density at radius 1 is 1.16 bits per heavy atom. The lowest BCUT2D eigenvalue weighted by Gasteiger charge is -2.27. The first-order valence-electron chi connectivity index (χ1n) is 9.98. The monoisotopic (exact) mass is 475 g/mol. The predicted octanol–water partition coefficient (Wildman–Crippen LogP) is 3.65. The molecule has 0 saturated carbocycles. The number of urea groups is 1. The van der Waals surface area contributed by atoms with Crippen molar-refractivity contribution in [2.45, 2.75) is 31.3 Å². The number of phenols is 1. The molecule has 3 aromatic rings. The van der Waals surface area contributed by atoms with E-state index in [-0.39, 0.29) is 23.8 Å². The van der Waals surface area contributed by atoms with Crippen molar-refractivity contribution >= 4 is 39.0 Å². The molecule has 2 heterocycles. The number of sulfonamides is 1. The molecule has 0 saturated heterocycles. The molecule has 9 nitrogen and oxygen atoms in total. The van der Waals surface area contributed by atoms with Crippen molar-refractivity contribution in [2.75, 3.05) is 17.2 Å². The van der Waals surface area contributed by atoms with Crippen LogP contribution in [0, 0.1) is 0 Å². The number of aryl methyl sites for hydroxylation is 1. The number of carbonyl (C=O) groups is 1. The van der Waals surface area contributed by atoms with E-state index in [0.29, 0.717) is 18.1 Å². The van der Waals surface area contributed by atoms with Gasteiger partial charge >= 0.3 is 6.03 Å². The van der Waals surface area contributed by atoms with Crippen LogP contribution in [0.25, 0.3) is 0 Å². The second-order valence-electron chi connectivity index (χ2n) is 7.24. The second-order valence-corrected chi connectivity index (χ2v) is 9.52. The topological polar surface area (TPSA) is 117 Å². The zero-order valence-corrected chi connectivity index (χ0v) is 18.8. The van der Waals surface area contributed by atoms with E-state index in [0.717, 1.165) is 12.0 Å². The van der Waals surface area contributed by atoms with Crippen LogP contribution in [0.15, 0.2) is 53.7 Å². The van der Waals surface area contributed by atoms with Gasteiger partial charge in [-0.25, -0.2) is 18.2 Å². The Bertz CT molecular complexity index is 1270. The highest BCUT2D eigenvalue weighted by atomic mass is 35.5. The van der Waals surface area contributed by atoms with E-state index in [4.69, 9.17) is 11.6 Å². The van der Waals surface area contributed by atoms with E-state index >= 15 is 0 Å². The van der Waals surface area contributed by atoms with Crippen molar-refractivity contribution in [1.29, 1.82) is 0 Å². The lowest BCUT2D eigenvalue weighted by Crippen LogP contribution is -2.38. The number of rotatable bonds is 5. The summed E-state index contributed by atoms with van der Waals surface area (Å²) >= 11 is 6.18. The van der Waals surface area contributed by atoms with Gasteiger partial charge in [-0.3, -0.25) is 0 Å². The standard InChI is InChI=1S/C21H22ClN5O4S/c1-2-14-5-3-4-6-16(14)24-21(29)25-17-8-7-15(22)20(19(17)28)32(30,31)27-12-11-26-10-9-23-18(26)13-27/h3-10,28H,2,11-13H2,1H3,(H2,24,25,29). The van der Waals surface area contributed by atoms with E-state index in [1.165, 1.54) is 16.4 Å². The summed E-state index contributed by atoms with van der Waals surface area (Å²) < 4.78 is 29.6. The molecule has 3 N–H and O–H groups in total. The maximum Gasteiger partial charge on any atom is 0.323 e. The van der Waals surface area contributed by atoms with Crippen LogP contribution < -0.4 is 10.6 Å². The zero-order chi connectivity index (χ0) is 22.9. The molecular formula is C21H22ClN5O4S. The molecule has 2 aromatic carbocycles. The lowest BCUT2D eigenvalue weighted by atomic mass is 10.1. The van der Waals surface area contributed by atoms with Crippen LogP contribution in [0.3, 0.4) is 0 Å². The van der Waals surface area contributed by atoms with Crippen molar-refractivity contribution in [3.63, 3.8) is 0 Å². The van der Waals surface area contributed by atoms with Crippen LogP contribution in [0.1, 0.15) is 18.3 Å². The lowest BCUT2D eigenvalue weighted by molar-refractivity contribution is 0.262. The highest BCUT2D eigenvalue weighted by molar-refractivity contribution is 7.89. The van der Waals surface area contributed by atoms with Gasteiger partial charge < -0.3 is 20.3 Å². The molecular weight excluding hydrogens is 454 g/mol. The molecule has 0 bridgehead atoms. The number of para-hydroxylation sites is 1. The summed E-state index contributed by atoms with van der Waals surface area (Å²) in [4.78, 5) is 16.2. The number of carbonyl (C=O) groups excluding carboxylic acids is 1. The number of fused-ring (bicyclic) bond motifs is 1. The number of aromatic hydroxyl groups is 1. The van der Waals surface area contributed by atoms with Crippen LogP contribution >= 0.6 is 11.6 Å². The number of nitrogens with one attached hydrogen (secondary N) is 2. The van der Waals surface area contributed by atoms with Crippen molar-refractivity contribution < 1.29 is 18.3 Å². The molecule has 32 heavy (non-hydrogen) atoms. The summed E-state index contributed by atoms with van der Waals surface area (Å²) in [6, 6.07) is 9.38. The Morgan fingerprint density at radius 2 is 1.91 bits per heavy atom. The zero-order valence-electron chi connectivity index (χ0n) is 17.2. The minimum Gasteiger partial charge on any atom is -0.504 e. The summed E-state index contributed by atoms with van der Waals surface area (Å²) in [5.74, 6) is -0.0240. The largest absolute Gasteiger partial charge is 0.504 e. The van der Waals surface area contributed by atoms with Gasteiger partial charge in [-0.15, -0.1) is 0 Å². The number of nitrogens with zero attached hydrogens (tertiary/aromatic N) is 3. The number of imidazole rings is 1. The van der Waals surface area contributed by atoms with Gasteiger partial charge in [-0.1, -0.05) is 36.7 Å². The van der Waals surface area contributed by atoms with E-state index < -0.39 is 26.7 Å². The smallest absolute Gasteiger partial charge is 0.323 e. The van der Waals surface area contributed by atoms with Gasteiger partial charge in [0.1, 0.15) is 10.7 Å². The van der Waals surface area contributed by atoms with Crippen molar-refractivity contribution in [3.8, 4) is 5.75 Å². The van der Waals surface area contributed by atoms with Crippen molar-refractivity contribution in [2.24, 2.45) is 0 Å². The van der Waals surface area contributed by atoms with Crippen LogP contribution in [0.2, 0.25) is 5.02 Å². The van der Waals surface area contributed by atoms with E-state index in [9.17, 15) is 18.3 Å². The minimum absolute atomic E-state index is 0.0526. The number of hydrogen-bond donors (Lipinski definition) is 3. The number of amides is 2. The van der Waals surface area contributed by atoms with Gasteiger partial charge in [-0.2, -0.15) is 4.31 Å². The molecule has 1 aromatic heterocycles. The molecule has 2 amide bonds. The fourth-order valence-electron chi connectivity index (χ4n) is 3.60. The highest BCUT2D eigenvalue weighted by Gasteiger charge is 2.34. The maximum atomic E-state index is 13.3. The maximum absolute atomic E-state index is 13.3. The Labute approximate surface area is 190 Å². The normalized spacial score (nSPS) is 14.1. The number of aromatic nitrogens is 2. The van der Waals surface area contributed by atoms with Gasteiger partial charge in [0.25, 0.3) is 0 Å². The molecule has 0 unspecified atom stereocenters. The first-order chi connectivity index (χ1) is 15.3. The minimum atomic E-state index is -4.15. The predicted molar refractivity (Wildman–Crippen MR) is 121 cm³/mol. The first-order valence-corrected chi connectivity index (χ1v) is 11.8. The summed E-state index contributed by atoms with van der Waals surface area (Å²) in [7, 11) is -4.15. The van der Waals surface area contributed by atoms with Gasteiger partial charge in [-0.05, 0) is 30.2 Å². The molecule has 168 valence electrons. The second kappa shape index (κ2) is 8.81. The third-order valence-corrected chi connectivity index (χ3v) is 7.63. The van der Waals surface area contributed by atoms with Gasteiger partial charge in [0.05, 0.1) is 17.3 Å². The van der Waals surface area contributed by atoms with Gasteiger partial charge in [0.2, 0.25) is 10.0 Å². The van der Waals surface area contributed by atoms with Crippen molar-refractivity contribution in [1.82, 2.24) is 13.9 Å². The average Bonchev–Trinajstić information content (AvgIpc) is 3.24.